The molecule has 0 aliphatic rings. The maximum absolute atomic E-state index is 13.4. The summed E-state index contributed by atoms with van der Waals surface area (Å²) in [4.78, 5) is 11.0. The lowest BCUT2D eigenvalue weighted by molar-refractivity contribution is 0.101. The van der Waals surface area contributed by atoms with Crippen molar-refractivity contribution in [3.8, 4) is 11.3 Å². The molecule has 0 fully saturated rings. The Morgan fingerprint density at radius 1 is 1.40 bits per heavy atom. The van der Waals surface area contributed by atoms with Gasteiger partial charge in [0.25, 0.3) is 0 Å². The second-order valence-corrected chi connectivity index (χ2v) is 3.21. The Labute approximate surface area is 85.9 Å². The topological polar surface area (TPSA) is 45.8 Å². The van der Waals surface area contributed by atoms with E-state index in [0.717, 1.165) is 0 Å². The molecule has 0 amide bonds. The van der Waals surface area contributed by atoms with Gasteiger partial charge < -0.3 is 0 Å². The predicted molar refractivity (Wildman–Crippen MR) is 54.0 cm³/mol. The molecule has 76 valence electrons. The molecule has 1 aromatic carbocycles. The van der Waals surface area contributed by atoms with Crippen LogP contribution < -0.4 is 0 Å². The number of Topliss-reactive ketones (excluding diaryl/α,β-unsaturated/α-hetero) is 1. The third-order valence-electron chi connectivity index (χ3n) is 2.14. The van der Waals surface area contributed by atoms with Crippen LogP contribution in [0.5, 0.6) is 0 Å². The summed E-state index contributed by atoms with van der Waals surface area (Å²) >= 11 is 0. The molecule has 0 spiro atoms. The normalized spacial score (nSPS) is 10.3. The third-order valence-corrected chi connectivity index (χ3v) is 2.14. The number of carbonyl (C=O) groups is 1. The van der Waals surface area contributed by atoms with Crippen molar-refractivity contribution in [1.29, 1.82) is 0 Å². The highest BCUT2D eigenvalue weighted by Gasteiger charge is 2.09. The van der Waals surface area contributed by atoms with Gasteiger partial charge in [-0.15, -0.1) is 0 Å². The summed E-state index contributed by atoms with van der Waals surface area (Å²) in [6, 6.07) is 6.20. The first-order valence-corrected chi connectivity index (χ1v) is 4.49. The Morgan fingerprint density at radius 2 is 2.20 bits per heavy atom. The zero-order valence-electron chi connectivity index (χ0n) is 8.12. The minimum Gasteiger partial charge on any atom is -0.294 e. The predicted octanol–water partition coefficient (Wildman–Crippen LogP) is 2.42. The van der Waals surface area contributed by atoms with Crippen molar-refractivity contribution in [3.63, 3.8) is 0 Å². The molecule has 0 aliphatic carbocycles. The molecule has 3 nitrogen and oxygen atoms in total. The number of nitrogens with one attached hydrogen (secondary N) is 1. The lowest BCUT2D eigenvalue weighted by Gasteiger charge is -2.00. The van der Waals surface area contributed by atoms with E-state index in [1.807, 2.05) is 0 Å². The summed E-state index contributed by atoms with van der Waals surface area (Å²) in [5, 5.41) is 6.57. The standard InChI is InChI=1S/C11H9FN2O/c1-7(15)9-3-2-8(6-10(9)12)11-4-5-13-14-11/h2-6H,1H3,(H,13,14). The van der Waals surface area contributed by atoms with E-state index in [1.54, 1.807) is 18.3 Å². The van der Waals surface area contributed by atoms with Crippen molar-refractivity contribution in [2.45, 2.75) is 6.92 Å². The Kier molecular flexibility index (Phi) is 2.33. The minimum absolute atomic E-state index is 0.106. The van der Waals surface area contributed by atoms with Crippen LogP contribution in [0.15, 0.2) is 30.5 Å². The molecule has 1 heterocycles. The van der Waals surface area contributed by atoms with E-state index in [9.17, 15) is 9.18 Å². The van der Waals surface area contributed by atoms with Crippen LogP contribution >= 0.6 is 0 Å². The number of benzene rings is 1. The fourth-order valence-electron chi connectivity index (χ4n) is 1.38. The smallest absolute Gasteiger partial charge is 0.162 e. The SMILES string of the molecule is CC(=O)c1ccc(-c2cc[nH]n2)cc1F. The highest BCUT2D eigenvalue weighted by atomic mass is 19.1. The number of H-pyrrole nitrogens is 1. The molecule has 2 rings (SSSR count). The summed E-state index contributed by atoms with van der Waals surface area (Å²) in [6.07, 6.45) is 1.66. The van der Waals surface area contributed by atoms with Gasteiger partial charge in [-0.2, -0.15) is 5.10 Å². The lowest BCUT2D eigenvalue weighted by atomic mass is 10.1. The molecular formula is C11H9FN2O. The molecule has 0 radical (unpaired) electrons. The van der Waals surface area contributed by atoms with E-state index in [1.165, 1.54) is 19.1 Å². The molecule has 1 aromatic heterocycles. The van der Waals surface area contributed by atoms with Gasteiger partial charge in [0.05, 0.1) is 11.3 Å². The average Bonchev–Trinajstić information content (AvgIpc) is 2.69. The van der Waals surface area contributed by atoms with E-state index in [-0.39, 0.29) is 11.3 Å². The van der Waals surface area contributed by atoms with Crippen LogP contribution in [0.1, 0.15) is 17.3 Å². The lowest BCUT2D eigenvalue weighted by Crippen LogP contribution is -1.96. The Bertz CT molecular complexity index is 491. The highest BCUT2D eigenvalue weighted by Crippen LogP contribution is 2.19. The molecule has 2 aromatic rings. The quantitative estimate of drug-likeness (QED) is 0.763. The summed E-state index contributed by atoms with van der Waals surface area (Å²) in [6.45, 7) is 1.34. The molecule has 0 aliphatic heterocycles. The first kappa shape index (κ1) is 9.58. The van der Waals surface area contributed by atoms with Crippen LogP contribution in [0.4, 0.5) is 4.39 Å². The zero-order chi connectivity index (χ0) is 10.8. The molecule has 0 saturated carbocycles. The monoisotopic (exact) mass is 204 g/mol. The van der Waals surface area contributed by atoms with Gasteiger partial charge in [-0.1, -0.05) is 6.07 Å². The van der Waals surface area contributed by atoms with Crippen LogP contribution in [0, 0.1) is 5.82 Å². The van der Waals surface area contributed by atoms with Crippen molar-refractivity contribution in [2.75, 3.05) is 0 Å². The molecule has 1 N–H and O–H groups in total. The number of rotatable bonds is 2. The van der Waals surface area contributed by atoms with Crippen LogP contribution in [-0.4, -0.2) is 16.0 Å². The van der Waals surface area contributed by atoms with E-state index in [0.29, 0.717) is 11.3 Å². The second kappa shape index (κ2) is 3.65. The summed E-state index contributed by atoms with van der Waals surface area (Å²) in [5.74, 6) is -0.788. The third kappa shape index (κ3) is 1.79. The number of ketones is 1. The molecule has 0 atom stereocenters. The molecule has 4 heteroatoms. The van der Waals surface area contributed by atoms with Gasteiger partial charge in [-0.3, -0.25) is 9.89 Å². The molecule has 0 saturated heterocycles. The van der Waals surface area contributed by atoms with E-state index >= 15 is 0 Å². The Hall–Kier alpha value is -1.97. The van der Waals surface area contributed by atoms with Crippen molar-refractivity contribution in [3.05, 3.63) is 41.8 Å². The Balaban J connectivity index is 2.47. The zero-order valence-corrected chi connectivity index (χ0v) is 8.12. The van der Waals surface area contributed by atoms with E-state index in [2.05, 4.69) is 10.2 Å². The minimum atomic E-state index is -0.511. The van der Waals surface area contributed by atoms with Gasteiger partial charge in [-0.25, -0.2) is 4.39 Å². The number of aromatic amines is 1. The van der Waals surface area contributed by atoms with Gasteiger partial charge in [0.2, 0.25) is 0 Å². The molecule has 15 heavy (non-hydrogen) atoms. The fourth-order valence-corrected chi connectivity index (χ4v) is 1.38. The van der Waals surface area contributed by atoms with Crippen LogP contribution in [0.3, 0.4) is 0 Å². The highest BCUT2D eigenvalue weighted by molar-refractivity contribution is 5.94. The summed E-state index contributed by atoms with van der Waals surface area (Å²) in [5.41, 5.74) is 1.41. The van der Waals surface area contributed by atoms with Crippen LogP contribution in [-0.2, 0) is 0 Å². The van der Waals surface area contributed by atoms with Gasteiger partial charge >= 0.3 is 0 Å². The first-order chi connectivity index (χ1) is 7.18. The van der Waals surface area contributed by atoms with Crippen molar-refractivity contribution >= 4 is 5.78 Å². The van der Waals surface area contributed by atoms with Crippen molar-refractivity contribution < 1.29 is 9.18 Å². The maximum atomic E-state index is 13.4. The number of hydrogen-bond acceptors (Lipinski definition) is 2. The number of halogens is 1. The van der Waals surface area contributed by atoms with Crippen LogP contribution in [0.25, 0.3) is 11.3 Å². The summed E-state index contributed by atoms with van der Waals surface area (Å²) in [7, 11) is 0. The van der Waals surface area contributed by atoms with E-state index in [4.69, 9.17) is 0 Å². The van der Waals surface area contributed by atoms with Gasteiger partial charge in [0.1, 0.15) is 5.82 Å². The second-order valence-electron chi connectivity index (χ2n) is 3.21. The number of aromatic nitrogens is 2. The maximum Gasteiger partial charge on any atom is 0.162 e. The largest absolute Gasteiger partial charge is 0.294 e. The molecular weight excluding hydrogens is 195 g/mol. The van der Waals surface area contributed by atoms with Gasteiger partial charge in [0, 0.05) is 11.8 Å². The number of hydrogen-bond donors (Lipinski definition) is 1. The summed E-state index contributed by atoms with van der Waals surface area (Å²) < 4.78 is 13.4. The number of carbonyl (C=O) groups excluding carboxylic acids is 1. The van der Waals surface area contributed by atoms with Gasteiger partial charge in [-0.05, 0) is 25.1 Å². The van der Waals surface area contributed by atoms with Gasteiger partial charge in [0.15, 0.2) is 5.78 Å². The molecule has 0 unspecified atom stereocenters. The fraction of sp³-hybridized carbons (Fsp3) is 0.0909. The Morgan fingerprint density at radius 3 is 2.73 bits per heavy atom. The van der Waals surface area contributed by atoms with Crippen molar-refractivity contribution in [1.82, 2.24) is 10.2 Å². The average molecular weight is 204 g/mol. The number of nitrogens with zero attached hydrogens (tertiary/aromatic N) is 1. The van der Waals surface area contributed by atoms with Crippen molar-refractivity contribution in [2.24, 2.45) is 0 Å². The first-order valence-electron chi connectivity index (χ1n) is 4.49. The van der Waals surface area contributed by atoms with E-state index < -0.39 is 5.82 Å². The molecule has 0 bridgehead atoms. The van der Waals surface area contributed by atoms with Crippen LogP contribution in [0.2, 0.25) is 0 Å².